The van der Waals surface area contributed by atoms with Crippen molar-refractivity contribution in [2.75, 3.05) is 0 Å². The van der Waals surface area contributed by atoms with Gasteiger partial charge in [0.05, 0.1) is 11.0 Å². The molecule has 0 aliphatic carbocycles. The van der Waals surface area contributed by atoms with E-state index < -0.39 is 0 Å². The number of pyridine rings is 1. The van der Waals surface area contributed by atoms with Gasteiger partial charge in [-0.1, -0.05) is 66.7 Å². The summed E-state index contributed by atoms with van der Waals surface area (Å²) >= 11 is 0. The minimum atomic E-state index is 1.25. The second kappa shape index (κ2) is 4.72. The van der Waals surface area contributed by atoms with Crippen LogP contribution in [0.3, 0.4) is 0 Å². The summed E-state index contributed by atoms with van der Waals surface area (Å²) in [5.41, 5.74) is 8.96. The molecule has 5 aromatic rings. The third kappa shape index (κ3) is 1.74. The van der Waals surface area contributed by atoms with Gasteiger partial charge in [-0.15, -0.1) is 0 Å². The number of hydrogen-bond donors (Lipinski definition) is 0. The highest BCUT2D eigenvalue weighted by molar-refractivity contribution is 6.05. The van der Waals surface area contributed by atoms with E-state index in [0.29, 0.717) is 0 Å². The Morgan fingerprint density at radius 1 is 0.435 bits per heavy atom. The fourth-order valence-corrected chi connectivity index (χ4v) is 3.60. The molecule has 0 N–H and O–H groups in total. The highest BCUT2D eigenvalue weighted by Crippen LogP contribution is 2.42. The van der Waals surface area contributed by atoms with E-state index >= 15 is 0 Å². The van der Waals surface area contributed by atoms with Crippen LogP contribution in [0.15, 0.2) is 91.0 Å². The first-order chi connectivity index (χ1) is 11.4. The molecular weight excluding hydrogens is 278 g/mol. The molecule has 0 bridgehead atoms. The van der Waals surface area contributed by atoms with Gasteiger partial charge in [0.2, 0.25) is 0 Å². The molecule has 0 spiro atoms. The van der Waals surface area contributed by atoms with Crippen LogP contribution in [0.5, 0.6) is 0 Å². The van der Waals surface area contributed by atoms with Gasteiger partial charge in [0.25, 0.3) is 0 Å². The van der Waals surface area contributed by atoms with Gasteiger partial charge in [-0.2, -0.15) is 0 Å². The second-order valence-corrected chi connectivity index (χ2v) is 5.87. The summed E-state index contributed by atoms with van der Waals surface area (Å²) in [6.45, 7) is 0. The Morgan fingerprint density at radius 3 is 1.61 bits per heavy atom. The van der Waals surface area contributed by atoms with Gasteiger partial charge < -0.3 is 4.40 Å². The van der Waals surface area contributed by atoms with Gasteiger partial charge in [0, 0.05) is 16.6 Å². The van der Waals surface area contributed by atoms with Crippen LogP contribution in [0.25, 0.3) is 38.8 Å². The Hall–Kier alpha value is -3.06. The maximum Gasteiger partial charge on any atom is 0.0548 e. The first-order valence-corrected chi connectivity index (χ1v) is 7.90. The zero-order valence-electron chi connectivity index (χ0n) is 12.6. The molecule has 0 radical (unpaired) electrons. The molecule has 0 amide bonds. The highest BCUT2D eigenvalue weighted by atomic mass is 14.9. The van der Waals surface area contributed by atoms with Gasteiger partial charge in [-0.05, 0) is 35.4 Å². The van der Waals surface area contributed by atoms with E-state index in [0.717, 1.165) is 0 Å². The van der Waals surface area contributed by atoms with Gasteiger partial charge in [0.1, 0.15) is 0 Å². The Balaban J connectivity index is 1.99. The topological polar surface area (TPSA) is 4.41 Å². The molecule has 3 heterocycles. The Bertz CT molecular complexity index is 1050. The van der Waals surface area contributed by atoms with Gasteiger partial charge >= 0.3 is 0 Å². The van der Waals surface area contributed by atoms with E-state index in [9.17, 15) is 0 Å². The zero-order valence-corrected chi connectivity index (χ0v) is 12.6. The number of hydrogen-bond acceptors (Lipinski definition) is 0. The highest BCUT2D eigenvalue weighted by Gasteiger charge is 2.19. The van der Waals surface area contributed by atoms with Crippen LogP contribution in [0.1, 0.15) is 0 Å². The van der Waals surface area contributed by atoms with Crippen molar-refractivity contribution < 1.29 is 0 Å². The molecule has 23 heavy (non-hydrogen) atoms. The molecule has 1 heteroatoms. The number of benzene rings is 2. The molecule has 1 nitrogen and oxygen atoms in total. The smallest absolute Gasteiger partial charge is 0.0548 e. The third-order valence-electron chi connectivity index (χ3n) is 4.56. The second-order valence-electron chi connectivity index (χ2n) is 5.87. The quantitative estimate of drug-likeness (QED) is 0.384. The van der Waals surface area contributed by atoms with Crippen molar-refractivity contribution in [1.29, 1.82) is 0 Å². The van der Waals surface area contributed by atoms with E-state index in [2.05, 4.69) is 95.4 Å². The van der Waals surface area contributed by atoms with E-state index in [1.54, 1.807) is 0 Å². The summed E-state index contributed by atoms with van der Waals surface area (Å²) < 4.78 is 2.37. The molecule has 0 saturated heterocycles. The average molecular weight is 293 g/mol. The van der Waals surface area contributed by atoms with Crippen molar-refractivity contribution in [3.8, 4) is 22.3 Å². The molecular formula is C22H15N. The maximum atomic E-state index is 2.37. The predicted octanol–water partition coefficient (Wildman–Crippen LogP) is 5.86. The van der Waals surface area contributed by atoms with Crippen molar-refractivity contribution in [2.24, 2.45) is 0 Å². The molecule has 108 valence electrons. The number of aromatic nitrogens is 1. The lowest BCUT2D eigenvalue weighted by atomic mass is 9.96. The van der Waals surface area contributed by atoms with Crippen LogP contribution in [0, 0.1) is 0 Å². The first-order valence-electron chi connectivity index (χ1n) is 7.90. The molecule has 0 saturated carbocycles. The average Bonchev–Trinajstić information content (AvgIpc) is 3.19. The predicted molar refractivity (Wildman–Crippen MR) is 97.0 cm³/mol. The summed E-state index contributed by atoms with van der Waals surface area (Å²) in [6.07, 6.45) is 0. The molecule has 0 aliphatic rings. The first kappa shape index (κ1) is 12.5. The van der Waals surface area contributed by atoms with Crippen molar-refractivity contribution >= 4 is 16.6 Å². The van der Waals surface area contributed by atoms with Gasteiger partial charge in [-0.25, -0.2) is 0 Å². The number of rotatable bonds is 2. The van der Waals surface area contributed by atoms with Crippen molar-refractivity contribution in [3.63, 3.8) is 0 Å². The van der Waals surface area contributed by atoms with Crippen LogP contribution in [0.4, 0.5) is 0 Å². The van der Waals surface area contributed by atoms with Gasteiger partial charge in [0.15, 0.2) is 0 Å². The molecule has 0 aliphatic heterocycles. The van der Waals surface area contributed by atoms with E-state index in [1.165, 1.54) is 38.8 Å². The maximum absolute atomic E-state index is 2.37. The normalized spacial score (nSPS) is 11.5. The van der Waals surface area contributed by atoms with Crippen LogP contribution >= 0.6 is 0 Å². The summed E-state index contributed by atoms with van der Waals surface area (Å²) in [4.78, 5) is 0. The zero-order chi connectivity index (χ0) is 15.2. The van der Waals surface area contributed by atoms with Crippen LogP contribution in [-0.4, -0.2) is 4.40 Å². The van der Waals surface area contributed by atoms with E-state index in [1.807, 2.05) is 0 Å². The summed E-state index contributed by atoms with van der Waals surface area (Å²) in [5, 5.41) is 0. The molecule has 0 fully saturated rings. The van der Waals surface area contributed by atoms with Crippen LogP contribution < -0.4 is 0 Å². The Labute approximate surface area is 134 Å². The summed E-state index contributed by atoms with van der Waals surface area (Å²) in [5.74, 6) is 0. The minimum Gasteiger partial charge on any atom is -0.309 e. The van der Waals surface area contributed by atoms with E-state index in [-0.39, 0.29) is 0 Å². The fraction of sp³-hybridized carbons (Fsp3) is 0. The third-order valence-corrected chi connectivity index (χ3v) is 4.56. The Morgan fingerprint density at radius 2 is 1.00 bits per heavy atom. The van der Waals surface area contributed by atoms with E-state index in [4.69, 9.17) is 0 Å². The van der Waals surface area contributed by atoms with Gasteiger partial charge in [-0.3, -0.25) is 0 Å². The molecule has 0 atom stereocenters. The standard InChI is InChI=1S/C22H15N/c1-3-8-16(9-4-1)21-19-13-7-12-18-14-15-20(23(18)19)22(21)17-10-5-2-6-11-17/h1-15H. The van der Waals surface area contributed by atoms with Crippen LogP contribution in [-0.2, 0) is 0 Å². The lowest BCUT2D eigenvalue weighted by Gasteiger charge is -2.06. The SMILES string of the molecule is c1ccc(-c2c(-c3ccccc3)c3ccc4cccc2n43)cc1. The van der Waals surface area contributed by atoms with Crippen molar-refractivity contribution in [1.82, 2.24) is 4.40 Å². The fourth-order valence-electron chi connectivity index (χ4n) is 3.60. The molecule has 2 aromatic carbocycles. The summed E-state index contributed by atoms with van der Waals surface area (Å²) in [6, 6.07) is 32.3. The lowest BCUT2D eigenvalue weighted by molar-refractivity contribution is 1.35. The largest absolute Gasteiger partial charge is 0.309 e. The van der Waals surface area contributed by atoms with Crippen LogP contribution in [0.2, 0.25) is 0 Å². The Kier molecular flexibility index (Phi) is 2.56. The lowest BCUT2D eigenvalue weighted by Crippen LogP contribution is -1.82. The monoisotopic (exact) mass is 293 g/mol. The molecule has 5 rings (SSSR count). The minimum absolute atomic E-state index is 1.25. The molecule has 0 unspecified atom stereocenters. The number of nitrogens with zero attached hydrogens (tertiary/aromatic N) is 1. The summed E-state index contributed by atoms with van der Waals surface area (Å²) in [7, 11) is 0. The van der Waals surface area contributed by atoms with Crippen molar-refractivity contribution in [3.05, 3.63) is 91.0 Å². The van der Waals surface area contributed by atoms with Crippen molar-refractivity contribution in [2.45, 2.75) is 0 Å². The molecule has 3 aromatic heterocycles.